The largest absolute Gasteiger partial charge is 0.495 e. The number of anilines is 1. The fraction of sp³-hybridized carbons (Fsp3) is 0.286. The maximum absolute atomic E-state index is 10.7. The first kappa shape index (κ1) is 13.9. The molecule has 0 fully saturated rings. The molecule has 20 heavy (non-hydrogen) atoms. The highest BCUT2D eigenvalue weighted by Gasteiger charge is 2.14. The van der Waals surface area contributed by atoms with Gasteiger partial charge in [-0.25, -0.2) is 4.79 Å². The van der Waals surface area contributed by atoms with E-state index in [-0.39, 0.29) is 0 Å². The molecule has 2 rings (SSSR count). The molecule has 0 saturated carbocycles. The van der Waals surface area contributed by atoms with E-state index in [0.29, 0.717) is 11.4 Å². The summed E-state index contributed by atoms with van der Waals surface area (Å²) >= 11 is 0. The SMILES string of the molecule is COc1cc(-c2c(C)nn(C)c2C)ccc1NC(=O)O. The highest BCUT2D eigenvalue weighted by atomic mass is 16.5. The van der Waals surface area contributed by atoms with Crippen LogP contribution in [0.4, 0.5) is 10.5 Å². The second-order valence-corrected chi connectivity index (χ2v) is 4.51. The van der Waals surface area contributed by atoms with Crippen molar-refractivity contribution in [2.24, 2.45) is 7.05 Å². The minimum atomic E-state index is -1.12. The number of carboxylic acid groups (broad SMARTS) is 1. The smallest absolute Gasteiger partial charge is 0.409 e. The van der Waals surface area contributed by atoms with Crippen molar-refractivity contribution in [3.8, 4) is 16.9 Å². The molecular weight excluding hydrogens is 258 g/mol. The molecular formula is C14H17N3O3. The van der Waals surface area contributed by atoms with Crippen molar-refractivity contribution in [3.63, 3.8) is 0 Å². The van der Waals surface area contributed by atoms with E-state index in [2.05, 4.69) is 10.4 Å². The zero-order valence-corrected chi connectivity index (χ0v) is 11.9. The minimum Gasteiger partial charge on any atom is -0.495 e. The third kappa shape index (κ3) is 2.45. The Kier molecular flexibility index (Phi) is 3.65. The molecule has 2 aromatic rings. The molecule has 0 spiro atoms. The number of hydrogen-bond acceptors (Lipinski definition) is 3. The molecule has 0 aliphatic rings. The molecule has 1 amide bonds. The van der Waals surface area contributed by atoms with Crippen LogP contribution in [0.25, 0.3) is 11.1 Å². The average Bonchev–Trinajstić information content (AvgIpc) is 2.63. The van der Waals surface area contributed by atoms with Gasteiger partial charge in [-0.1, -0.05) is 6.07 Å². The molecule has 1 heterocycles. The Balaban J connectivity index is 2.51. The molecule has 0 aliphatic carbocycles. The first-order valence-corrected chi connectivity index (χ1v) is 6.12. The van der Waals surface area contributed by atoms with E-state index in [9.17, 15) is 4.79 Å². The van der Waals surface area contributed by atoms with Crippen molar-refractivity contribution < 1.29 is 14.6 Å². The van der Waals surface area contributed by atoms with Crippen LogP contribution in [0.2, 0.25) is 0 Å². The summed E-state index contributed by atoms with van der Waals surface area (Å²) in [5.41, 5.74) is 4.37. The normalized spacial score (nSPS) is 10.4. The monoisotopic (exact) mass is 275 g/mol. The van der Waals surface area contributed by atoms with Gasteiger partial charge >= 0.3 is 6.09 Å². The predicted octanol–water partition coefficient (Wildman–Crippen LogP) is 2.80. The lowest BCUT2D eigenvalue weighted by Crippen LogP contribution is -2.08. The lowest BCUT2D eigenvalue weighted by molar-refractivity contribution is 0.209. The van der Waals surface area contributed by atoms with Gasteiger partial charge in [0.15, 0.2) is 0 Å². The number of amides is 1. The van der Waals surface area contributed by atoms with Gasteiger partial charge in [0.05, 0.1) is 18.5 Å². The molecule has 0 radical (unpaired) electrons. The highest BCUT2D eigenvalue weighted by molar-refractivity contribution is 5.86. The number of carbonyl (C=O) groups is 1. The van der Waals surface area contributed by atoms with Crippen LogP contribution in [0.15, 0.2) is 18.2 Å². The van der Waals surface area contributed by atoms with Gasteiger partial charge in [0.1, 0.15) is 5.75 Å². The van der Waals surface area contributed by atoms with E-state index < -0.39 is 6.09 Å². The molecule has 0 saturated heterocycles. The van der Waals surface area contributed by atoms with E-state index in [1.54, 1.807) is 6.07 Å². The van der Waals surface area contributed by atoms with Crippen LogP contribution < -0.4 is 10.1 Å². The standard InChI is InChI=1S/C14H17N3O3/c1-8-13(9(2)17(3)16-8)10-5-6-11(15-14(18)19)12(7-10)20-4/h5-7,15H,1-4H3,(H,18,19). The van der Waals surface area contributed by atoms with Crippen LogP contribution >= 0.6 is 0 Å². The van der Waals surface area contributed by atoms with Crippen LogP contribution in [0, 0.1) is 13.8 Å². The lowest BCUT2D eigenvalue weighted by atomic mass is 10.0. The lowest BCUT2D eigenvalue weighted by Gasteiger charge is -2.10. The van der Waals surface area contributed by atoms with Crippen molar-refractivity contribution in [1.82, 2.24) is 9.78 Å². The van der Waals surface area contributed by atoms with Gasteiger partial charge in [-0.15, -0.1) is 0 Å². The Labute approximate surface area is 117 Å². The number of ether oxygens (including phenoxy) is 1. The van der Waals surface area contributed by atoms with E-state index in [1.807, 2.05) is 37.7 Å². The zero-order valence-electron chi connectivity index (χ0n) is 11.9. The number of hydrogen-bond donors (Lipinski definition) is 2. The Morgan fingerprint density at radius 2 is 2.10 bits per heavy atom. The van der Waals surface area contributed by atoms with Gasteiger partial charge in [0, 0.05) is 18.3 Å². The summed E-state index contributed by atoms with van der Waals surface area (Å²) in [7, 11) is 3.40. The first-order valence-electron chi connectivity index (χ1n) is 6.12. The molecule has 1 aromatic carbocycles. The van der Waals surface area contributed by atoms with E-state index >= 15 is 0 Å². The number of benzene rings is 1. The Morgan fingerprint density at radius 3 is 2.60 bits per heavy atom. The van der Waals surface area contributed by atoms with Crippen LogP contribution in [-0.2, 0) is 7.05 Å². The van der Waals surface area contributed by atoms with Crippen LogP contribution in [0.1, 0.15) is 11.4 Å². The molecule has 2 N–H and O–H groups in total. The van der Waals surface area contributed by atoms with E-state index in [4.69, 9.17) is 9.84 Å². The maximum atomic E-state index is 10.7. The summed E-state index contributed by atoms with van der Waals surface area (Å²) in [6, 6.07) is 5.35. The van der Waals surface area contributed by atoms with Gasteiger partial charge in [-0.2, -0.15) is 5.10 Å². The summed E-state index contributed by atoms with van der Waals surface area (Å²) in [5.74, 6) is 0.479. The van der Waals surface area contributed by atoms with Gasteiger partial charge in [-0.3, -0.25) is 10.00 Å². The summed E-state index contributed by atoms with van der Waals surface area (Å²) in [6.45, 7) is 3.93. The fourth-order valence-electron chi connectivity index (χ4n) is 2.26. The van der Waals surface area contributed by atoms with Crippen LogP contribution in [-0.4, -0.2) is 28.1 Å². The van der Waals surface area contributed by atoms with Gasteiger partial charge in [-0.05, 0) is 31.5 Å². The number of methoxy groups -OCH3 is 1. The fourth-order valence-corrected chi connectivity index (χ4v) is 2.26. The second kappa shape index (κ2) is 5.24. The van der Waals surface area contributed by atoms with Crippen molar-refractivity contribution in [2.45, 2.75) is 13.8 Å². The van der Waals surface area contributed by atoms with Crippen LogP contribution in [0.5, 0.6) is 5.75 Å². The summed E-state index contributed by atoms with van der Waals surface area (Å²) in [5, 5.41) is 15.5. The summed E-state index contributed by atoms with van der Waals surface area (Å²) < 4.78 is 7.06. The van der Waals surface area contributed by atoms with Gasteiger partial charge in [0.2, 0.25) is 0 Å². The van der Waals surface area contributed by atoms with Crippen molar-refractivity contribution >= 4 is 11.8 Å². The second-order valence-electron chi connectivity index (χ2n) is 4.51. The molecule has 0 bridgehead atoms. The van der Waals surface area contributed by atoms with Crippen molar-refractivity contribution in [1.29, 1.82) is 0 Å². The quantitative estimate of drug-likeness (QED) is 0.903. The number of nitrogens with zero attached hydrogens (tertiary/aromatic N) is 2. The summed E-state index contributed by atoms with van der Waals surface area (Å²) in [6.07, 6.45) is -1.12. The number of rotatable bonds is 3. The minimum absolute atomic E-state index is 0.419. The maximum Gasteiger partial charge on any atom is 0.409 e. The molecule has 0 aliphatic heterocycles. The predicted molar refractivity (Wildman–Crippen MR) is 76.3 cm³/mol. The van der Waals surface area contributed by atoms with E-state index in [0.717, 1.165) is 22.5 Å². The molecule has 106 valence electrons. The number of nitrogens with one attached hydrogen (secondary N) is 1. The first-order chi connectivity index (χ1) is 9.43. The molecule has 0 atom stereocenters. The van der Waals surface area contributed by atoms with Gasteiger partial charge < -0.3 is 9.84 Å². The van der Waals surface area contributed by atoms with Crippen molar-refractivity contribution in [2.75, 3.05) is 12.4 Å². The Morgan fingerprint density at radius 1 is 1.40 bits per heavy atom. The van der Waals surface area contributed by atoms with Crippen LogP contribution in [0.3, 0.4) is 0 Å². The van der Waals surface area contributed by atoms with E-state index in [1.165, 1.54) is 7.11 Å². The third-order valence-corrected chi connectivity index (χ3v) is 3.24. The number of aromatic nitrogens is 2. The van der Waals surface area contributed by atoms with Crippen molar-refractivity contribution in [3.05, 3.63) is 29.6 Å². The Bertz CT molecular complexity index is 662. The number of aryl methyl sites for hydroxylation is 2. The average molecular weight is 275 g/mol. The highest BCUT2D eigenvalue weighted by Crippen LogP contribution is 2.33. The third-order valence-electron chi connectivity index (χ3n) is 3.24. The molecule has 6 nitrogen and oxygen atoms in total. The summed E-state index contributed by atoms with van der Waals surface area (Å²) in [4.78, 5) is 10.7. The molecule has 0 unspecified atom stereocenters. The zero-order chi connectivity index (χ0) is 14.9. The van der Waals surface area contributed by atoms with Gasteiger partial charge in [0.25, 0.3) is 0 Å². The molecule has 6 heteroatoms. The molecule has 1 aromatic heterocycles. The topological polar surface area (TPSA) is 76.4 Å². The Hall–Kier alpha value is -2.50.